The number of pyridine rings is 1. The first-order chi connectivity index (χ1) is 36.1. The second kappa shape index (κ2) is 17.7. The Morgan fingerprint density at radius 1 is 0.507 bits per heavy atom. The molecule has 2 unspecified atom stereocenters. The van der Waals surface area contributed by atoms with E-state index in [1.54, 1.807) is 0 Å². The highest BCUT2D eigenvalue weighted by molar-refractivity contribution is 6.08. The maximum atomic E-state index is 5.66. The van der Waals surface area contributed by atoms with E-state index >= 15 is 0 Å². The first-order valence-electron chi connectivity index (χ1n) is 25.8. The summed E-state index contributed by atoms with van der Waals surface area (Å²) in [5.74, 6) is 1.18. The Labute approximate surface area is 426 Å². The van der Waals surface area contributed by atoms with Crippen LogP contribution in [-0.4, -0.2) is 19.5 Å². The number of hydrogen-bond donors (Lipinski definition) is 0. The molecule has 4 heterocycles. The van der Waals surface area contributed by atoms with Crippen molar-refractivity contribution < 1.29 is 0 Å². The number of allylic oxidation sites excluding steroid dienone is 3. The molecule has 0 saturated heterocycles. The molecule has 0 saturated carbocycles. The molecular weight excluding hydrogens is 887 g/mol. The molecule has 8 aromatic carbocycles. The van der Waals surface area contributed by atoms with E-state index in [1.807, 2.05) is 0 Å². The molecule has 0 amide bonds. The van der Waals surface area contributed by atoms with Gasteiger partial charge in [0.05, 0.1) is 33.8 Å². The summed E-state index contributed by atoms with van der Waals surface area (Å²) in [6.45, 7) is 2.42. The van der Waals surface area contributed by atoms with Crippen molar-refractivity contribution in [3.8, 4) is 62.0 Å². The van der Waals surface area contributed by atoms with Crippen LogP contribution in [0, 0.1) is 0 Å². The lowest BCUT2D eigenvalue weighted by molar-refractivity contribution is 0.539. The van der Waals surface area contributed by atoms with Crippen molar-refractivity contribution in [3.63, 3.8) is 0 Å². The first kappa shape index (κ1) is 42.9. The minimum Gasteiger partial charge on any atom is -0.309 e. The number of hydrogen-bond acceptors (Lipinski definition) is 4. The van der Waals surface area contributed by atoms with Gasteiger partial charge in [-0.3, -0.25) is 9.55 Å². The smallest absolute Gasteiger partial charge is 0.235 e. The number of para-hydroxylation sites is 3. The van der Waals surface area contributed by atoms with Gasteiger partial charge < -0.3 is 4.90 Å². The van der Waals surface area contributed by atoms with Gasteiger partial charge in [0.1, 0.15) is 0 Å². The molecule has 3 aromatic heterocycles. The van der Waals surface area contributed by atoms with Gasteiger partial charge in [0.2, 0.25) is 5.95 Å². The van der Waals surface area contributed by atoms with Crippen LogP contribution in [0.3, 0.4) is 0 Å². The lowest BCUT2D eigenvalue weighted by Gasteiger charge is -2.37. The second-order valence-electron chi connectivity index (χ2n) is 19.8. The van der Waals surface area contributed by atoms with E-state index in [2.05, 4.69) is 247 Å². The lowest BCUT2D eigenvalue weighted by atomic mass is 9.75. The van der Waals surface area contributed by atoms with E-state index in [1.165, 1.54) is 44.4 Å². The monoisotopic (exact) mass is 937 g/mol. The summed E-state index contributed by atoms with van der Waals surface area (Å²) in [7, 11) is 0. The molecule has 2 atom stereocenters. The van der Waals surface area contributed by atoms with Gasteiger partial charge in [-0.05, 0) is 125 Å². The third-order valence-electron chi connectivity index (χ3n) is 15.5. The Bertz CT molecular complexity index is 3910. The zero-order valence-electron chi connectivity index (χ0n) is 40.7. The second-order valence-corrected chi connectivity index (χ2v) is 19.8. The molecule has 0 fully saturated rings. The molecule has 14 rings (SSSR count). The fraction of sp³-hybridized carbons (Fsp3) is 0.103. The molecule has 5 nitrogen and oxygen atoms in total. The van der Waals surface area contributed by atoms with Crippen LogP contribution in [0.15, 0.2) is 236 Å². The van der Waals surface area contributed by atoms with Crippen LogP contribution in [0.4, 0.5) is 11.4 Å². The van der Waals surface area contributed by atoms with Crippen molar-refractivity contribution in [1.29, 1.82) is 0 Å². The Kier molecular flexibility index (Phi) is 10.4. The van der Waals surface area contributed by atoms with Gasteiger partial charge in [-0.25, -0.2) is 9.97 Å². The molecule has 3 aliphatic rings. The maximum absolute atomic E-state index is 5.66. The van der Waals surface area contributed by atoms with Crippen LogP contribution in [0.2, 0.25) is 0 Å². The zero-order valence-corrected chi connectivity index (χ0v) is 40.7. The van der Waals surface area contributed by atoms with Crippen LogP contribution in [0.1, 0.15) is 66.8 Å². The molecule has 0 N–H and O–H groups in total. The third-order valence-corrected chi connectivity index (χ3v) is 15.5. The third kappa shape index (κ3) is 7.34. The van der Waals surface area contributed by atoms with Crippen molar-refractivity contribution in [2.75, 3.05) is 4.90 Å². The van der Waals surface area contributed by atoms with Gasteiger partial charge in [0.25, 0.3) is 0 Å². The van der Waals surface area contributed by atoms with E-state index in [0.29, 0.717) is 11.9 Å². The highest BCUT2D eigenvalue weighted by Gasteiger charge is 2.37. The van der Waals surface area contributed by atoms with Crippen LogP contribution in [-0.2, 0) is 0 Å². The summed E-state index contributed by atoms with van der Waals surface area (Å²) in [5.41, 5.74) is 22.9. The van der Waals surface area contributed by atoms with E-state index < -0.39 is 0 Å². The van der Waals surface area contributed by atoms with E-state index in [-0.39, 0.29) is 5.92 Å². The number of fused-ring (bicyclic) bond motifs is 8. The average Bonchev–Trinajstić information content (AvgIpc) is 3.75. The number of nitrogens with zero attached hydrogens (tertiary/aromatic N) is 5. The maximum Gasteiger partial charge on any atom is 0.235 e. The fourth-order valence-electron chi connectivity index (χ4n) is 12.1. The van der Waals surface area contributed by atoms with Crippen LogP contribution in [0.5, 0.6) is 0 Å². The minimum absolute atomic E-state index is 0.194. The Hall–Kier alpha value is -8.93. The van der Waals surface area contributed by atoms with Gasteiger partial charge in [0.15, 0.2) is 0 Å². The highest BCUT2D eigenvalue weighted by atomic mass is 15.2. The minimum atomic E-state index is 0.194. The van der Waals surface area contributed by atoms with Gasteiger partial charge in [-0.1, -0.05) is 183 Å². The molecular formula is C68H51N5. The number of rotatable bonds is 7. The summed E-state index contributed by atoms with van der Waals surface area (Å²) in [6, 6.07) is 78.8. The molecule has 0 radical (unpaired) electrons. The number of aromatic nitrogens is 4. The van der Waals surface area contributed by atoms with E-state index in [9.17, 15) is 0 Å². The van der Waals surface area contributed by atoms with Crippen molar-refractivity contribution in [2.24, 2.45) is 0 Å². The Balaban J connectivity index is 1.00. The Morgan fingerprint density at radius 3 is 1.90 bits per heavy atom. The van der Waals surface area contributed by atoms with Crippen molar-refractivity contribution in [2.45, 2.75) is 44.4 Å². The van der Waals surface area contributed by atoms with Gasteiger partial charge in [-0.15, -0.1) is 0 Å². The van der Waals surface area contributed by atoms with Gasteiger partial charge >= 0.3 is 0 Å². The van der Waals surface area contributed by atoms with Gasteiger partial charge in [0, 0.05) is 56.0 Å². The van der Waals surface area contributed by atoms with Crippen molar-refractivity contribution in [1.82, 2.24) is 19.5 Å². The molecule has 0 spiro atoms. The fourth-order valence-corrected chi connectivity index (χ4v) is 12.1. The van der Waals surface area contributed by atoms with E-state index in [0.717, 1.165) is 104 Å². The molecule has 0 bridgehead atoms. The normalized spacial score (nSPS) is 15.9. The van der Waals surface area contributed by atoms with Crippen molar-refractivity contribution >= 4 is 38.8 Å². The molecule has 5 heteroatoms. The summed E-state index contributed by atoms with van der Waals surface area (Å²) in [6.07, 6.45) is 8.74. The molecule has 73 heavy (non-hydrogen) atoms. The molecule has 11 aromatic rings. The van der Waals surface area contributed by atoms with Crippen molar-refractivity contribution in [3.05, 3.63) is 259 Å². The predicted octanol–water partition coefficient (Wildman–Crippen LogP) is 17.5. The summed E-state index contributed by atoms with van der Waals surface area (Å²) < 4.78 is 2.37. The van der Waals surface area contributed by atoms with Crippen LogP contribution < -0.4 is 4.90 Å². The number of anilines is 2. The van der Waals surface area contributed by atoms with Crippen LogP contribution >= 0.6 is 0 Å². The van der Waals surface area contributed by atoms with Gasteiger partial charge in [-0.2, -0.15) is 0 Å². The average molecular weight is 938 g/mol. The standard InChI is InChI=1S/C68H51N5/c1-44-37-39-52(58-40-38-47-23-8-12-32-57(47)69-58)53-31-18-36-64(65(44)53)72-61-33-13-9-28-54(61)66-55-29-10-14-34-62(55)73(67(66)56-30-11-15-35-63(56)72)68-70-59(50-26-16-24-48(41-50)45-19-4-2-5-20-45)43-60(71-68)51-27-17-25-49(42-51)46-21-6-3-7-22-46/h2-8,10-27,29-36,38,40-44,52H,9,28,37,39H2,1H3. The lowest BCUT2D eigenvalue weighted by Crippen LogP contribution is -2.23. The summed E-state index contributed by atoms with van der Waals surface area (Å²) in [4.78, 5) is 19.2. The topological polar surface area (TPSA) is 46.8 Å². The largest absolute Gasteiger partial charge is 0.309 e. The Morgan fingerprint density at radius 2 is 1.14 bits per heavy atom. The highest BCUT2D eigenvalue weighted by Crippen LogP contribution is 2.55. The van der Waals surface area contributed by atoms with E-state index in [4.69, 9.17) is 15.0 Å². The summed E-state index contributed by atoms with van der Waals surface area (Å²) in [5, 5.41) is 2.36. The number of benzene rings is 8. The van der Waals surface area contributed by atoms with Crippen LogP contribution in [0.25, 0.3) is 89.4 Å². The zero-order chi connectivity index (χ0) is 48.4. The molecule has 348 valence electrons. The first-order valence-corrected chi connectivity index (χ1v) is 25.8. The quantitative estimate of drug-likeness (QED) is 0.160. The SMILES string of the molecule is CC1CCC(c2ccc3ccccc3n2)c2cccc(N3C4=C(CCC=C4)c4c(n(-c5nc(-c6cccc(-c7ccccc7)c6)cc(-c6cccc(-c7ccccc7)c6)n5)c5ccccc45)-c4ccccc43)c21. The molecule has 2 aliphatic carbocycles. The molecule has 1 aliphatic heterocycles. The summed E-state index contributed by atoms with van der Waals surface area (Å²) >= 11 is 0. The predicted molar refractivity (Wildman–Crippen MR) is 301 cm³/mol.